The first-order chi connectivity index (χ1) is 13.3. The van der Waals surface area contributed by atoms with Crippen LogP contribution in [0.3, 0.4) is 0 Å². The van der Waals surface area contributed by atoms with Gasteiger partial charge in [-0.2, -0.15) is 0 Å². The minimum absolute atomic E-state index is 0.292. The number of ether oxygens (including phenoxy) is 1. The van der Waals surface area contributed by atoms with Crippen LogP contribution in [0.25, 0.3) is 0 Å². The van der Waals surface area contributed by atoms with Gasteiger partial charge in [-0.1, -0.05) is 40.5 Å². The molecule has 0 spiro atoms. The first kappa shape index (κ1) is 20.2. The van der Waals surface area contributed by atoms with E-state index in [1.165, 1.54) is 0 Å². The third-order valence-corrected chi connectivity index (χ3v) is 4.67. The van der Waals surface area contributed by atoms with Crippen LogP contribution in [-0.4, -0.2) is 28.0 Å². The highest BCUT2D eigenvalue weighted by Gasteiger charge is 2.27. The molecule has 6 nitrogen and oxygen atoms in total. The summed E-state index contributed by atoms with van der Waals surface area (Å²) in [5, 5.41) is 12.1. The highest BCUT2D eigenvalue weighted by Crippen LogP contribution is 2.22. The van der Waals surface area contributed by atoms with E-state index in [0.29, 0.717) is 27.8 Å². The Morgan fingerprint density at radius 2 is 1.79 bits per heavy atom. The molecule has 8 heteroatoms. The number of amides is 1. The summed E-state index contributed by atoms with van der Waals surface area (Å²) in [6.07, 6.45) is 1.81. The van der Waals surface area contributed by atoms with Gasteiger partial charge in [0.15, 0.2) is 0 Å². The van der Waals surface area contributed by atoms with Crippen molar-refractivity contribution in [2.45, 2.75) is 25.9 Å². The van der Waals surface area contributed by atoms with Crippen molar-refractivity contribution in [3.63, 3.8) is 0 Å². The van der Waals surface area contributed by atoms with Gasteiger partial charge in [0, 0.05) is 15.6 Å². The smallest absolute Gasteiger partial charge is 0.252 e. The molecule has 1 amide bonds. The maximum absolute atomic E-state index is 12.6. The fourth-order valence-corrected chi connectivity index (χ4v) is 3.21. The van der Waals surface area contributed by atoms with Crippen LogP contribution in [0.15, 0.2) is 48.7 Å². The Hall–Kier alpha value is -2.57. The number of benzene rings is 2. The van der Waals surface area contributed by atoms with Crippen LogP contribution in [0.2, 0.25) is 10.0 Å². The van der Waals surface area contributed by atoms with Crippen molar-refractivity contribution < 1.29 is 9.53 Å². The fraction of sp³-hybridized carbons (Fsp3) is 0.250. The van der Waals surface area contributed by atoms with Crippen molar-refractivity contribution in [1.29, 1.82) is 0 Å². The van der Waals surface area contributed by atoms with Gasteiger partial charge in [0.25, 0.3) is 5.91 Å². The van der Waals surface area contributed by atoms with E-state index in [9.17, 15) is 4.79 Å². The lowest BCUT2D eigenvalue weighted by Crippen LogP contribution is -2.41. The molecule has 0 saturated heterocycles. The predicted octanol–water partition coefficient (Wildman–Crippen LogP) is 4.31. The molecule has 146 valence electrons. The molecule has 0 aliphatic carbocycles. The molecule has 0 bridgehead atoms. The van der Waals surface area contributed by atoms with Crippen LogP contribution in [0.1, 0.15) is 35.5 Å². The molecule has 1 heterocycles. The topological polar surface area (TPSA) is 69.0 Å². The Morgan fingerprint density at radius 3 is 2.39 bits per heavy atom. The monoisotopic (exact) mass is 418 g/mol. The highest BCUT2D eigenvalue weighted by atomic mass is 35.5. The molecule has 0 fully saturated rings. The van der Waals surface area contributed by atoms with Gasteiger partial charge in [0.1, 0.15) is 11.4 Å². The Bertz CT molecular complexity index is 964. The molecule has 0 radical (unpaired) electrons. The van der Waals surface area contributed by atoms with Crippen molar-refractivity contribution in [2.24, 2.45) is 0 Å². The van der Waals surface area contributed by atoms with Crippen molar-refractivity contribution in [3.05, 3.63) is 75.5 Å². The molecule has 3 rings (SSSR count). The van der Waals surface area contributed by atoms with Gasteiger partial charge in [-0.05, 0) is 49.7 Å². The van der Waals surface area contributed by atoms with E-state index in [1.807, 2.05) is 44.3 Å². The van der Waals surface area contributed by atoms with Crippen molar-refractivity contribution >= 4 is 29.1 Å². The predicted molar refractivity (Wildman–Crippen MR) is 109 cm³/mol. The van der Waals surface area contributed by atoms with E-state index in [4.69, 9.17) is 27.9 Å². The van der Waals surface area contributed by atoms with Crippen molar-refractivity contribution in [3.8, 4) is 5.75 Å². The number of methoxy groups -OCH3 is 1. The molecule has 1 aromatic heterocycles. The molecule has 28 heavy (non-hydrogen) atoms. The van der Waals surface area contributed by atoms with Gasteiger partial charge in [0.2, 0.25) is 0 Å². The van der Waals surface area contributed by atoms with Crippen LogP contribution >= 0.6 is 23.2 Å². The number of hydrogen-bond acceptors (Lipinski definition) is 4. The van der Waals surface area contributed by atoms with Crippen LogP contribution < -0.4 is 10.1 Å². The van der Waals surface area contributed by atoms with Gasteiger partial charge in [-0.15, -0.1) is 5.10 Å². The van der Waals surface area contributed by atoms with E-state index in [-0.39, 0.29) is 5.91 Å². The minimum Gasteiger partial charge on any atom is -0.497 e. The standard InChI is InChI=1S/C20H20Cl2N4O2/c1-20(2,23-19(27)14-8-15(21)10-16(22)9-14)18-12-26(25-24-18)11-13-4-6-17(28-3)7-5-13/h4-10,12H,11H2,1-3H3,(H,23,27). The third kappa shape index (κ3) is 4.82. The molecular weight excluding hydrogens is 399 g/mol. The van der Waals surface area contributed by atoms with Gasteiger partial charge >= 0.3 is 0 Å². The summed E-state index contributed by atoms with van der Waals surface area (Å²) in [6, 6.07) is 12.4. The normalized spacial score (nSPS) is 11.3. The lowest BCUT2D eigenvalue weighted by molar-refractivity contribution is 0.0910. The first-order valence-electron chi connectivity index (χ1n) is 8.59. The Labute approximate surface area is 173 Å². The number of nitrogens with zero attached hydrogens (tertiary/aromatic N) is 3. The zero-order chi connectivity index (χ0) is 20.3. The van der Waals surface area contributed by atoms with Crippen molar-refractivity contribution in [1.82, 2.24) is 20.3 Å². The van der Waals surface area contributed by atoms with E-state index >= 15 is 0 Å². The van der Waals surface area contributed by atoms with Crippen molar-refractivity contribution in [2.75, 3.05) is 7.11 Å². The molecule has 0 atom stereocenters. The number of aromatic nitrogens is 3. The maximum atomic E-state index is 12.6. The van der Waals surface area contributed by atoms with Crippen LogP contribution in [0.4, 0.5) is 0 Å². The number of hydrogen-bond donors (Lipinski definition) is 1. The van der Waals surface area contributed by atoms with Gasteiger partial charge in [-0.3, -0.25) is 4.79 Å². The Balaban J connectivity index is 1.72. The van der Waals surface area contributed by atoms with Gasteiger partial charge in [0.05, 0.1) is 25.4 Å². The van der Waals surface area contributed by atoms with Crippen LogP contribution in [0.5, 0.6) is 5.75 Å². The fourth-order valence-electron chi connectivity index (χ4n) is 2.69. The summed E-state index contributed by atoms with van der Waals surface area (Å²) in [5.74, 6) is 0.507. The molecular formula is C20H20Cl2N4O2. The summed E-state index contributed by atoms with van der Waals surface area (Å²) in [5.41, 5.74) is 1.36. The quantitative estimate of drug-likeness (QED) is 0.647. The third-order valence-electron chi connectivity index (χ3n) is 4.23. The highest BCUT2D eigenvalue weighted by molar-refractivity contribution is 6.35. The zero-order valence-corrected chi connectivity index (χ0v) is 17.3. The average Bonchev–Trinajstić information content (AvgIpc) is 3.11. The summed E-state index contributed by atoms with van der Waals surface area (Å²) in [7, 11) is 1.63. The molecule has 0 unspecified atom stereocenters. The Morgan fingerprint density at radius 1 is 1.14 bits per heavy atom. The Kier molecular flexibility index (Phi) is 5.91. The number of halogens is 2. The molecule has 0 aliphatic heterocycles. The molecule has 2 aromatic carbocycles. The summed E-state index contributed by atoms with van der Waals surface area (Å²) >= 11 is 12.0. The molecule has 1 N–H and O–H groups in total. The van der Waals surface area contributed by atoms with E-state index in [1.54, 1.807) is 30.0 Å². The molecule has 0 saturated carbocycles. The second-order valence-electron chi connectivity index (χ2n) is 6.89. The number of nitrogens with one attached hydrogen (secondary N) is 1. The van der Waals surface area contributed by atoms with E-state index in [2.05, 4.69) is 15.6 Å². The second-order valence-corrected chi connectivity index (χ2v) is 7.76. The largest absolute Gasteiger partial charge is 0.497 e. The minimum atomic E-state index is -0.732. The lowest BCUT2D eigenvalue weighted by Gasteiger charge is -2.23. The number of carbonyl (C=O) groups excluding carboxylic acids is 1. The SMILES string of the molecule is COc1ccc(Cn2cc(C(C)(C)NC(=O)c3cc(Cl)cc(Cl)c3)nn2)cc1. The van der Waals surface area contributed by atoms with E-state index in [0.717, 1.165) is 11.3 Å². The first-order valence-corrected chi connectivity index (χ1v) is 9.34. The summed E-state index contributed by atoms with van der Waals surface area (Å²) in [4.78, 5) is 12.6. The molecule has 0 aliphatic rings. The summed E-state index contributed by atoms with van der Waals surface area (Å²) < 4.78 is 6.89. The zero-order valence-electron chi connectivity index (χ0n) is 15.7. The van der Waals surface area contributed by atoms with Crippen LogP contribution in [-0.2, 0) is 12.1 Å². The van der Waals surface area contributed by atoms with Gasteiger partial charge < -0.3 is 10.1 Å². The maximum Gasteiger partial charge on any atom is 0.252 e. The lowest BCUT2D eigenvalue weighted by atomic mass is 10.0. The average molecular weight is 419 g/mol. The van der Waals surface area contributed by atoms with E-state index < -0.39 is 5.54 Å². The van der Waals surface area contributed by atoms with Gasteiger partial charge in [-0.25, -0.2) is 4.68 Å². The number of carbonyl (C=O) groups is 1. The number of rotatable bonds is 6. The molecule has 3 aromatic rings. The second kappa shape index (κ2) is 8.20. The summed E-state index contributed by atoms with van der Waals surface area (Å²) in [6.45, 7) is 4.28. The van der Waals surface area contributed by atoms with Crippen LogP contribution in [0, 0.1) is 0 Å².